The summed E-state index contributed by atoms with van der Waals surface area (Å²) in [6.45, 7) is 1.51. The zero-order valence-electron chi connectivity index (χ0n) is 15.9. The molecular formula is C20H19N5O2S3. The molecule has 5 rings (SSSR count). The Labute approximate surface area is 182 Å². The number of rotatable bonds is 7. The summed E-state index contributed by atoms with van der Waals surface area (Å²) < 4.78 is 29.4. The van der Waals surface area contributed by atoms with Crippen LogP contribution >= 0.6 is 22.7 Å². The van der Waals surface area contributed by atoms with Gasteiger partial charge >= 0.3 is 0 Å². The summed E-state index contributed by atoms with van der Waals surface area (Å²) in [5, 5.41) is 9.54. The molecule has 30 heavy (non-hydrogen) atoms. The predicted molar refractivity (Wildman–Crippen MR) is 123 cm³/mol. The van der Waals surface area contributed by atoms with E-state index >= 15 is 0 Å². The first-order chi connectivity index (χ1) is 14.6. The van der Waals surface area contributed by atoms with E-state index in [9.17, 15) is 8.42 Å². The van der Waals surface area contributed by atoms with Gasteiger partial charge in [-0.2, -0.15) is 0 Å². The van der Waals surface area contributed by atoms with Crippen LogP contribution in [0.5, 0.6) is 0 Å². The van der Waals surface area contributed by atoms with Crippen molar-refractivity contribution >= 4 is 58.9 Å². The lowest BCUT2D eigenvalue weighted by Gasteiger charge is -2.22. The van der Waals surface area contributed by atoms with Gasteiger partial charge in [0.15, 0.2) is 10.3 Å². The Morgan fingerprint density at radius 1 is 1.20 bits per heavy atom. The third-order valence-corrected chi connectivity index (χ3v) is 8.58. The Balaban J connectivity index is 1.38. The number of thiazole rings is 2. The molecular weight excluding hydrogens is 438 g/mol. The molecule has 154 valence electrons. The number of sulfonamides is 1. The van der Waals surface area contributed by atoms with Crippen LogP contribution in [-0.2, 0) is 16.4 Å². The van der Waals surface area contributed by atoms with Gasteiger partial charge in [-0.1, -0.05) is 23.5 Å². The highest BCUT2D eigenvalue weighted by atomic mass is 32.2. The van der Waals surface area contributed by atoms with Crippen LogP contribution in [0.4, 0.5) is 16.0 Å². The number of para-hydroxylation sites is 1. The maximum atomic E-state index is 13.4. The Bertz CT molecular complexity index is 1250. The van der Waals surface area contributed by atoms with Gasteiger partial charge < -0.3 is 10.6 Å². The Kier molecular flexibility index (Phi) is 5.05. The van der Waals surface area contributed by atoms with Crippen LogP contribution in [0.1, 0.15) is 5.56 Å². The van der Waals surface area contributed by atoms with Gasteiger partial charge in [0.25, 0.3) is 10.0 Å². The molecule has 0 radical (unpaired) electrons. The van der Waals surface area contributed by atoms with Crippen LogP contribution in [0.3, 0.4) is 0 Å². The molecule has 0 fully saturated rings. The molecule has 0 saturated heterocycles. The summed E-state index contributed by atoms with van der Waals surface area (Å²) in [6.07, 6.45) is 2.45. The molecule has 2 aromatic carbocycles. The number of hydrogen-bond acceptors (Lipinski definition) is 8. The van der Waals surface area contributed by atoms with E-state index in [0.717, 1.165) is 39.6 Å². The molecule has 0 amide bonds. The second kappa shape index (κ2) is 7.86. The maximum Gasteiger partial charge on any atom is 0.266 e. The summed E-state index contributed by atoms with van der Waals surface area (Å²) in [7, 11) is -3.73. The van der Waals surface area contributed by atoms with Gasteiger partial charge in [-0.3, -0.25) is 0 Å². The summed E-state index contributed by atoms with van der Waals surface area (Å²) >= 11 is 2.86. The number of hydrogen-bond donors (Lipinski definition) is 2. The summed E-state index contributed by atoms with van der Waals surface area (Å²) in [4.78, 5) is 9.10. The standard InChI is InChI=1S/C20H19N5O2S3/c26-30(27,15-5-6-16-14(13-15)7-8-21-16)25(20-23-10-12-28-20)11-9-22-19-24-17-3-1-2-4-18(17)29-19/h1-6,10,12-13,21H,7-9,11H2,(H,22,24). The van der Waals surface area contributed by atoms with Crippen molar-refractivity contribution in [2.75, 3.05) is 34.6 Å². The van der Waals surface area contributed by atoms with Crippen LogP contribution in [0, 0.1) is 0 Å². The number of fused-ring (bicyclic) bond motifs is 2. The number of aromatic nitrogens is 2. The molecule has 0 aliphatic carbocycles. The molecule has 1 aliphatic heterocycles. The monoisotopic (exact) mass is 457 g/mol. The number of nitrogens with zero attached hydrogens (tertiary/aromatic N) is 3. The van der Waals surface area contributed by atoms with Crippen molar-refractivity contribution in [3.63, 3.8) is 0 Å². The van der Waals surface area contributed by atoms with Gasteiger partial charge in [-0.05, 0) is 42.3 Å². The van der Waals surface area contributed by atoms with Gasteiger partial charge in [0.2, 0.25) is 0 Å². The number of anilines is 3. The fourth-order valence-corrected chi connectivity index (χ4v) is 6.70. The molecule has 2 N–H and O–H groups in total. The smallest absolute Gasteiger partial charge is 0.266 e. The molecule has 0 bridgehead atoms. The predicted octanol–water partition coefficient (Wildman–Crippen LogP) is 4.03. The van der Waals surface area contributed by atoms with E-state index < -0.39 is 10.0 Å². The van der Waals surface area contributed by atoms with Crippen LogP contribution in [-0.4, -0.2) is 38.0 Å². The first-order valence-electron chi connectivity index (χ1n) is 9.50. The highest BCUT2D eigenvalue weighted by Gasteiger charge is 2.28. The topological polar surface area (TPSA) is 87.2 Å². The minimum atomic E-state index is -3.73. The Morgan fingerprint density at radius 2 is 2.10 bits per heavy atom. The zero-order chi connectivity index (χ0) is 20.6. The van der Waals surface area contributed by atoms with Crippen molar-refractivity contribution in [1.29, 1.82) is 0 Å². The van der Waals surface area contributed by atoms with E-state index in [4.69, 9.17) is 0 Å². The van der Waals surface area contributed by atoms with E-state index in [0.29, 0.717) is 16.6 Å². The first kappa shape index (κ1) is 19.3. The molecule has 3 heterocycles. The van der Waals surface area contributed by atoms with Crippen LogP contribution in [0.2, 0.25) is 0 Å². The van der Waals surface area contributed by atoms with Crippen molar-refractivity contribution in [3.05, 3.63) is 59.6 Å². The molecule has 0 unspecified atom stereocenters. The maximum absolute atomic E-state index is 13.4. The van der Waals surface area contributed by atoms with E-state index in [-0.39, 0.29) is 6.54 Å². The zero-order valence-corrected chi connectivity index (χ0v) is 18.4. The molecule has 4 aromatic rings. The fourth-order valence-electron chi connectivity index (χ4n) is 3.44. The van der Waals surface area contributed by atoms with Crippen LogP contribution in [0.25, 0.3) is 10.2 Å². The van der Waals surface area contributed by atoms with Gasteiger partial charge in [0.05, 0.1) is 21.7 Å². The fraction of sp³-hybridized carbons (Fsp3) is 0.200. The van der Waals surface area contributed by atoms with Crippen molar-refractivity contribution in [2.45, 2.75) is 11.3 Å². The minimum Gasteiger partial charge on any atom is -0.384 e. The molecule has 0 saturated carbocycles. The number of nitrogens with one attached hydrogen (secondary N) is 2. The van der Waals surface area contributed by atoms with Crippen LogP contribution < -0.4 is 14.9 Å². The Hall–Kier alpha value is -2.69. The second-order valence-electron chi connectivity index (χ2n) is 6.80. The van der Waals surface area contributed by atoms with E-state index in [1.165, 1.54) is 15.6 Å². The quantitative estimate of drug-likeness (QED) is 0.436. The average molecular weight is 458 g/mol. The van der Waals surface area contributed by atoms with Crippen molar-refractivity contribution in [2.24, 2.45) is 0 Å². The summed E-state index contributed by atoms with van der Waals surface area (Å²) in [6, 6.07) is 13.2. The van der Waals surface area contributed by atoms with Crippen molar-refractivity contribution in [3.8, 4) is 0 Å². The van der Waals surface area contributed by atoms with E-state index in [2.05, 4.69) is 20.6 Å². The minimum absolute atomic E-state index is 0.251. The largest absolute Gasteiger partial charge is 0.384 e. The van der Waals surface area contributed by atoms with Gasteiger partial charge in [0.1, 0.15) is 0 Å². The molecule has 1 aliphatic rings. The average Bonchev–Trinajstić information content (AvgIpc) is 3.50. The number of benzene rings is 2. The SMILES string of the molecule is O=S(=O)(c1ccc2c(c1)CCN2)N(CCNc1nc2ccccc2s1)c1nccs1. The lowest BCUT2D eigenvalue weighted by molar-refractivity contribution is 0.591. The van der Waals surface area contributed by atoms with Gasteiger partial charge in [-0.15, -0.1) is 11.3 Å². The molecule has 7 nitrogen and oxygen atoms in total. The second-order valence-corrected chi connectivity index (χ2v) is 10.6. The molecule has 2 aromatic heterocycles. The summed E-state index contributed by atoms with van der Waals surface area (Å²) in [5.41, 5.74) is 2.97. The first-order valence-corrected chi connectivity index (χ1v) is 12.6. The van der Waals surface area contributed by atoms with Crippen molar-refractivity contribution in [1.82, 2.24) is 9.97 Å². The summed E-state index contributed by atoms with van der Waals surface area (Å²) in [5.74, 6) is 0. The lowest BCUT2D eigenvalue weighted by atomic mass is 10.2. The lowest BCUT2D eigenvalue weighted by Crippen LogP contribution is -2.35. The van der Waals surface area contributed by atoms with E-state index in [1.807, 2.05) is 30.3 Å². The molecule has 10 heteroatoms. The Morgan fingerprint density at radius 3 is 2.93 bits per heavy atom. The third-order valence-electron chi connectivity index (χ3n) is 4.89. The van der Waals surface area contributed by atoms with Crippen molar-refractivity contribution < 1.29 is 8.42 Å². The third kappa shape index (κ3) is 3.62. The molecule has 0 spiro atoms. The highest BCUT2D eigenvalue weighted by molar-refractivity contribution is 7.93. The van der Waals surface area contributed by atoms with Gasteiger partial charge in [-0.25, -0.2) is 22.7 Å². The normalized spacial score (nSPS) is 13.2. The van der Waals surface area contributed by atoms with Gasteiger partial charge in [0, 0.05) is 30.4 Å². The molecule has 0 atom stereocenters. The van der Waals surface area contributed by atoms with E-state index in [1.54, 1.807) is 35.0 Å². The van der Waals surface area contributed by atoms with Crippen LogP contribution in [0.15, 0.2) is 58.9 Å². The highest BCUT2D eigenvalue weighted by Crippen LogP contribution is 2.30.